The van der Waals surface area contributed by atoms with Gasteiger partial charge in [0, 0.05) is 0 Å². The number of hydrogen-bond acceptors (Lipinski definition) is 0. The summed E-state index contributed by atoms with van der Waals surface area (Å²) in [7, 11) is 0. The smallest absolute Gasteiger partial charge is 0.0354 e. The lowest BCUT2D eigenvalue weighted by molar-refractivity contribution is 0.177. The molecule has 0 spiro atoms. The van der Waals surface area contributed by atoms with E-state index in [0.29, 0.717) is 5.41 Å². The highest BCUT2D eigenvalue weighted by Gasteiger charge is 2.27. The maximum atomic E-state index is 2.43. The minimum atomic E-state index is 0.526. The molecule has 0 aromatic heterocycles. The highest BCUT2D eigenvalue weighted by Crippen LogP contribution is 2.38. The van der Waals surface area contributed by atoms with Crippen LogP contribution in [0.5, 0.6) is 0 Å². The molecule has 1 aliphatic rings. The van der Waals surface area contributed by atoms with Crippen molar-refractivity contribution in [2.75, 3.05) is 0 Å². The van der Waals surface area contributed by atoms with Crippen molar-refractivity contribution < 1.29 is 0 Å². The first kappa shape index (κ1) is 13.1. The molecule has 1 fully saturated rings. The van der Waals surface area contributed by atoms with Crippen LogP contribution in [-0.4, -0.2) is 0 Å². The molecule has 0 bridgehead atoms. The van der Waals surface area contributed by atoms with Crippen LogP contribution >= 0.6 is 0 Å². The van der Waals surface area contributed by atoms with Gasteiger partial charge in [-0.25, -0.2) is 0 Å². The first-order chi connectivity index (χ1) is 7.04. The Labute approximate surface area is 96.8 Å². The Morgan fingerprint density at radius 3 is 2.07 bits per heavy atom. The molecule has 0 nitrogen and oxygen atoms in total. The van der Waals surface area contributed by atoms with Crippen molar-refractivity contribution >= 4 is 0 Å². The predicted octanol–water partition coefficient (Wildman–Crippen LogP) is 5.42. The van der Waals surface area contributed by atoms with E-state index in [2.05, 4.69) is 27.7 Å². The second-order valence-electron chi connectivity index (χ2n) is 6.56. The third kappa shape index (κ3) is 4.57. The SMILES string of the molecule is CCC1CCCCCCC(C(C)(C)C)C1. The lowest BCUT2D eigenvalue weighted by Gasteiger charge is -2.33. The zero-order valence-corrected chi connectivity index (χ0v) is 11.3. The summed E-state index contributed by atoms with van der Waals surface area (Å²) < 4.78 is 0. The fourth-order valence-corrected chi connectivity index (χ4v) is 2.97. The zero-order valence-electron chi connectivity index (χ0n) is 11.3. The van der Waals surface area contributed by atoms with Crippen LogP contribution in [0.1, 0.15) is 79.1 Å². The highest BCUT2D eigenvalue weighted by atomic mass is 14.3. The molecule has 0 saturated heterocycles. The molecule has 0 aromatic rings. The zero-order chi connectivity index (χ0) is 11.3. The summed E-state index contributed by atoms with van der Waals surface area (Å²) in [6.45, 7) is 9.68. The molecule has 1 aliphatic carbocycles. The van der Waals surface area contributed by atoms with Crippen molar-refractivity contribution in [1.29, 1.82) is 0 Å². The van der Waals surface area contributed by atoms with Crippen molar-refractivity contribution in [3.05, 3.63) is 0 Å². The van der Waals surface area contributed by atoms with Crippen molar-refractivity contribution in [1.82, 2.24) is 0 Å². The van der Waals surface area contributed by atoms with Crippen molar-refractivity contribution in [2.45, 2.75) is 79.1 Å². The van der Waals surface area contributed by atoms with Gasteiger partial charge in [-0.3, -0.25) is 0 Å². The summed E-state index contributed by atoms with van der Waals surface area (Å²) in [5.41, 5.74) is 0.526. The van der Waals surface area contributed by atoms with E-state index >= 15 is 0 Å². The lowest BCUT2D eigenvalue weighted by Crippen LogP contribution is -2.23. The van der Waals surface area contributed by atoms with Gasteiger partial charge in [0.2, 0.25) is 0 Å². The Morgan fingerprint density at radius 2 is 1.53 bits per heavy atom. The molecule has 0 heteroatoms. The molecule has 0 radical (unpaired) electrons. The molecule has 90 valence electrons. The Balaban J connectivity index is 2.58. The summed E-state index contributed by atoms with van der Waals surface area (Å²) in [5.74, 6) is 1.97. The van der Waals surface area contributed by atoms with E-state index < -0.39 is 0 Å². The standard InChI is InChI=1S/C15H30/c1-5-13-10-8-6-7-9-11-14(12-13)15(2,3)4/h13-14H,5-12H2,1-4H3. The lowest BCUT2D eigenvalue weighted by atomic mass is 9.73. The number of hydrogen-bond donors (Lipinski definition) is 0. The molecule has 0 amide bonds. The molecule has 1 rings (SSSR count). The minimum absolute atomic E-state index is 0.526. The molecule has 2 atom stereocenters. The highest BCUT2D eigenvalue weighted by molar-refractivity contribution is 4.78. The van der Waals surface area contributed by atoms with Gasteiger partial charge < -0.3 is 0 Å². The molecular formula is C15H30. The average molecular weight is 210 g/mol. The van der Waals surface area contributed by atoms with E-state index in [1.165, 1.54) is 51.4 Å². The summed E-state index contributed by atoms with van der Waals surface area (Å²) in [6.07, 6.45) is 11.7. The molecule has 15 heavy (non-hydrogen) atoms. The topological polar surface area (TPSA) is 0 Å². The van der Waals surface area contributed by atoms with Crippen LogP contribution in [0, 0.1) is 17.3 Å². The molecule has 0 N–H and O–H groups in total. The van der Waals surface area contributed by atoms with Crippen LogP contribution in [-0.2, 0) is 0 Å². The fourth-order valence-electron chi connectivity index (χ4n) is 2.97. The maximum absolute atomic E-state index is 2.43. The van der Waals surface area contributed by atoms with Gasteiger partial charge >= 0.3 is 0 Å². The van der Waals surface area contributed by atoms with Gasteiger partial charge in [-0.05, 0) is 30.1 Å². The van der Waals surface area contributed by atoms with Gasteiger partial charge in [0.1, 0.15) is 0 Å². The second kappa shape index (κ2) is 5.92. The quantitative estimate of drug-likeness (QED) is 0.542. The second-order valence-corrected chi connectivity index (χ2v) is 6.56. The van der Waals surface area contributed by atoms with Gasteiger partial charge in [-0.1, -0.05) is 66.2 Å². The molecule has 0 heterocycles. The van der Waals surface area contributed by atoms with Crippen LogP contribution in [0.4, 0.5) is 0 Å². The van der Waals surface area contributed by atoms with E-state index in [1.807, 2.05) is 0 Å². The molecule has 1 saturated carbocycles. The van der Waals surface area contributed by atoms with Crippen LogP contribution in [0.3, 0.4) is 0 Å². The van der Waals surface area contributed by atoms with Crippen molar-refractivity contribution in [3.63, 3.8) is 0 Å². The average Bonchev–Trinajstić information content (AvgIpc) is 2.27. The van der Waals surface area contributed by atoms with Gasteiger partial charge in [0.25, 0.3) is 0 Å². The maximum Gasteiger partial charge on any atom is -0.0354 e. The summed E-state index contributed by atoms with van der Waals surface area (Å²) in [4.78, 5) is 0. The van der Waals surface area contributed by atoms with Crippen LogP contribution in [0.15, 0.2) is 0 Å². The van der Waals surface area contributed by atoms with Gasteiger partial charge in [0.05, 0.1) is 0 Å². The summed E-state index contributed by atoms with van der Waals surface area (Å²) in [6, 6.07) is 0. The first-order valence-electron chi connectivity index (χ1n) is 7.04. The summed E-state index contributed by atoms with van der Waals surface area (Å²) >= 11 is 0. The third-order valence-corrected chi connectivity index (χ3v) is 4.33. The van der Waals surface area contributed by atoms with E-state index in [0.717, 1.165) is 11.8 Å². The molecule has 0 aliphatic heterocycles. The van der Waals surface area contributed by atoms with Gasteiger partial charge in [-0.2, -0.15) is 0 Å². The van der Waals surface area contributed by atoms with Crippen LogP contribution in [0.2, 0.25) is 0 Å². The third-order valence-electron chi connectivity index (χ3n) is 4.33. The van der Waals surface area contributed by atoms with E-state index in [9.17, 15) is 0 Å². The Bertz CT molecular complexity index is 163. The number of rotatable bonds is 1. The Kier molecular flexibility index (Phi) is 5.15. The Morgan fingerprint density at radius 1 is 0.933 bits per heavy atom. The van der Waals surface area contributed by atoms with Crippen molar-refractivity contribution in [2.24, 2.45) is 17.3 Å². The van der Waals surface area contributed by atoms with E-state index in [4.69, 9.17) is 0 Å². The fraction of sp³-hybridized carbons (Fsp3) is 1.00. The van der Waals surface area contributed by atoms with E-state index in [-0.39, 0.29) is 0 Å². The van der Waals surface area contributed by atoms with Gasteiger partial charge in [-0.15, -0.1) is 0 Å². The minimum Gasteiger partial charge on any atom is -0.0651 e. The normalized spacial score (nSPS) is 30.4. The Hall–Kier alpha value is 0. The molecule has 2 unspecified atom stereocenters. The van der Waals surface area contributed by atoms with Gasteiger partial charge in [0.15, 0.2) is 0 Å². The van der Waals surface area contributed by atoms with E-state index in [1.54, 1.807) is 0 Å². The molecule has 0 aromatic carbocycles. The van der Waals surface area contributed by atoms with Crippen LogP contribution < -0.4 is 0 Å². The first-order valence-corrected chi connectivity index (χ1v) is 7.04. The molecular weight excluding hydrogens is 180 g/mol. The van der Waals surface area contributed by atoms with Crippen molar-refractivity contribution in [3.8, 4) is 0 Å². The monoisotopic (exact) mass is 210 g/mol. The van der Waals surface area contributed by atoms with Crippen LogP contribution in [0.25, 0.3) is 0 Å². The summed E-state index contributed by atoms with van der Waals surface area (Å²) in [5, 5.41) is 0. The predicted molar refractivity (Wildman–Crippen MR) is 69.0 cm³/mol. The largest absolute Gasteiger partial charge is 0.0651 e.